The summed E-state index contributed by atoms with van der Waals surface area (Å²) in [4.78, 5) is 58.1. The quantitative estimate of drug-likeness (QED) is 0.156. The molecule has 3 N–H and O–H groups in total. The Labute approximate surface area is 333 Å². The molecule has 2 saturated heterocycles. The third-order valence-corrected chi connectivity index (χ3v) is 12.9. The van der Waals surface area contributed by atoms with Crippen molar-refractivity contribution in [2.45, 2.75) is 88.9 Å². The molecule has 300 valence electrons. The van der Waals surface area contributed by atoms with Crippen LogP contribution in [0.15, 0.2) is 60.8 Å². The van der Waals surface area contributed by atoms with Crippen LogP contribution in [0.3, 0.4) is 0 Å². The van der Waals surface area contributed by atoms with Crippen molar-refractivity contribution in [2.24, 2.45) is 11.3 Å². The van der Waals surface area contributed by atoms with Gasteiger partial charge in [-0.2, -0.15) is 8.78 Å². The number of carbonyl (C=O) groups excluding carboxylic acids is 3. The van der Waals surface area contributed by atoms with Gasteiger partial charge in [0.25, 0.3) is 5.92 Å². The molecule has 2 saturated carbocycles. The number of alkyl halides is 2. The summed E-state index contributed by atoms with van der Waals surface area (Å²) in [5.74, 6) is -1.89. The molecule has 2 bridgehead atoms. The minimum absolute atomic E-state index is 0.0478. The number of benzene rings is 3. The molecule has 4 atom stereocenters. The highest BCUT2D eigenvalue weighted by atomic mass is 19.3. The van der Waals surface area contributed by atoms with E-state index in [2.05, 4.69) is 25.0 Å². The normalized spacial score (nSPS) is 23.3. The predicted octanol–water partition coefficient (Wildman–Crippen LogP) is 8.61. The summed E-state index contributed by atoms with van der Waals surface area (Å²) in [7, 11) is 1.24. The van der Waals surface area contributed by atoms with Crippen LogP contribution in [0.4, 0.5) is 18.4 Å². The van der Waals surface area contributed by atoms with Gasteiger partial charge < -0.3 is 29.7 Å². The van der Waals surface area contributed by atoms with Gasteiger partial charge in [0.1, 0.15) is 23.8 Å². The highest BCUT2D eigenvalue weighted by molar-refractivity contribution is 5.87. The number of aromatic amines is 2. The lowest BCUT2D eigenvalue weighted by molar-refractivity contribution is -0.131. The average Bonchev–Trinajstić information content (AvgIpc) is 3.85. The maximum Gasteiger partial charge on any atom is 0.411 e. The number of halogens is 2. The number of hydrogen-bond acceptors (Lipinski definition) is 7. The standard InChI is InChI=1S/C44H45F2N7O5/c1-42(2,3)58-41(56)53-27-9-5-26(15-27)37(53)39-49-32-12-8-24(18-33(32)50-39)23-6-10-28-29-11-7-25(17-31(29)44(45,46)30(28)16-23)34-20-47-38(51-34)35-19-43(13-14-43)22-52(35)36(54)21-48-40(55)57-4/h6-8,10-12,16-18,20,26-27,35,37H,5,9,13-15,19,21-22H2,1-4H3,(H,47,51)(H,48,55)(H,49,50)/t26-,27+,35-,37-/m0/s1. The summed E-state index contributed by atoms with van der Waals surface area (Å²) in [6.45, 7) is 6.00. The highest BCUT2D eigenvalue weighted by Gasteiger charge is 2.54. The molecule has 0 radical (unpaired) electrons. The molecular weight excluding hydrogens is 745 g/mol. The Morgan fingerprint density at radius 3 is 2.36 bits per heavy atom. The van der Waals surface area contributed by atoms with Gasteiger partial charge in [-0.1, -0.05) is 30.3 Å². The third-order valence-electron chi connectivity index (χ3n) is 12.9. The summed E-state index contributed by atoms with van der Waals surface area (Å²) < 4.78 is 43.4. The van der Waals surface area contributed by atoms with Crippen molar-refractivity contribution in [1.82, 2.24) is 35.1 Å². The van der Waals surface area contributed by atoms with Crippen molar-refractivity contribution in [3.05, 3.63) is 83.6 Å². The number of fused-ring (bicyclic) bond motifs is 6. The Morgan fingerprint density at radius 2 is 1.64 bits per heavy atom. The molecule has 3 aromatic carbocycles. The number of carbonyl (C=O) groups is 3. The molecule has 2 aliphatic heterocycles. The molecule has 5 aliphatic rings. The van der Waals surface area contributed by atoms with Crippen LogP contribution in [-0.4, -0.2) is 79.7 Å². The summed E-state index contributed by atoms with van der Waals surface area (Å²) in [5, 5.41) is 2.47. The van der Waals surface area contributed by atoms with E-state index >= 15 is 8.78 Å². The summed E-state index contributed by atoms with van der Waals surface area (Å²) in [6, 6.07) is 15.6. The van der Waals surface area contributed by atoms with E-state index < -0.39 is 17.6 Å². The van der Waals surface area contributed by atoms with Gasteiger partial charge in [-0.25, -0.2) is 19.6 Å². The lowest BCUT2D eigenvalue weighted by Crippen LogP contribution is -2.43. The van der Waals surface area contributed by atoms with E-state index in [0.29, 0.717) is 46.2 Å². The topological polar surface area (TPSA) is 146 Å². The number of nitrogens with one attached hydrogen (secondary N) is 3. The second kappa shape index (κ2) is 12.9. The molecule has 5 aromatic rings. The number of alkyl carbamates (subject to hydrolysis) is 1. The number of imidazole rings is 2. The Bertz CT molecular complexity index is 2520. The minimum Gasteiger partial charge on any atom is -0.453 e. The van der Waals surface area contributed by atoms with Gasteiger partial charge in [-0.05, 0) is 117 Å². The smallest absolute Gasteiger partial charge is 0.411 e. The van der Waals surface area contributed by atoms with Gasteiger partial charge in [0.2, 0.25) is 5.91 Å². The molecule has 2 aromatic heterocycles. The first kappa shape index (κ1) is 36.5. The number of methoxy groups -OCH3 is 1. The van der Waals surface area contributed by atoms with Crippen molar-refractivity contribution >= 4 is 29.1 Å². The van der Waals surface area contributed by atoms with Crippen molar-refractivity contribution in [3.8, 4) is 33.5 Å². The van der Waals surface area contributed by atoms with Gasteiger partial charge >= 0.3 is 12.2 Å². The number of rotatable bonds is 6. The number of piperidine rings is 1. The van der Waals surface area contributed by atoms with Crippen LogP contribution in [0.2, 0.25) is 0 Å². The zero-order valence-electron chi connectivity index (χ0n) is 32.8. The zero-order chi connectivity index (χ0) is 40.3. The van der Waals surface area contributed by atoms with Crippen LogP contribution in [0.1, 0.15) is 94.2 Å². The molecule has 4 fully saturated rings. The Hall–Kier alpha value is -5.79. The van der Waals surface area contributed by atoms with E-state index in [9.17, 15) is 14.4 Å². The first-order valence-corrected chi connectivity index (χ1v) is 20.1. The number of H-pyrrole nitrogens is 2. The van der Waals surface area contributed by atoms with Crippen LogP contribution in [-0.2, 0) is 20.2 Å². The van der Waals surface area contributed by atoms with E-state index in [4.69, 9.17) is 9.72 Å². The van der Waals surface area contributed by atoms with Crippen molar-refractivity contribution in [2.75, 3.05) is 20.2 Å². The van der Waals surface area contributed by atoms with Gasteiger partial charge in [0.05, 0.1) is 42.1 Å². The van der Waals surface area contributed by atoms with Gasteiger partial charge in [0.15, 0.2) is 0 Å². The monoisotopic (exact) mass is 789 g/mol. The van der Waals surface area contributed by atoms with Gasteiger partial charge in [-0.3, -0.25) is 9.69 Å². The minimum atomic E-state index is -3.25. The number of aromatic nitrogens is 4. The maximum atomic E-state index is 16.5. The first-order valence-electron chi connectivity index (χ1n) is 20.1. The second-order valence-corrected chi connectivity index (χ2v) is 17.8. The van der Waals surface area contributed by atoms with Gasteiger partial charge in [0, 0.05) is 29.3 Å². The second-order valence-electron chi connectivity index (χ2n) is 17.8. The molecule has 0 unspecified atom stereocenters. The first-order chi connectivity index (χ1) is 27.7. The molecule has 58 heavy (non-hydrogen) atoms. The van der Waals surface area contributed by atoms with Crippen molar-refractivity contribution in [3.63, 3.8) is 0 Å². The molecule has 10 rings (SSSR count). The molecule has 4 heterocycles. The van der Waals surface area contributed by atoms with Crippen molar-refractivity contribution < 1.29 is 32.6 Å². The van der Waals surface area contributed by atoms with E-state index in [0.717, 1.165) is 60.9 Å². The zero-order valence-corrected chi connectivity index (χ0v) is 32.8. The fourth-order valence-electron chi connectivity index (χ4n) is 9.91. The van der Waals surface area contributed by atoms with Gasteiger partial charge in [-0.15, -0.1) is 0 Å². The van der Waals surface area contributed by atoms with E-state index in [1.54, 1.807) is 29.3 Å². The van der Waals surface area contributed by atoms with Crippen LogP contribution in [0, 0.1) is 11.3 Å². The predicted molar refractivity (Wildman–Crippen MR) is 211 cm³/mol. The Morgan fingerprint density at radius 1 is 0.931 bits per heavy atom. The summed E-state index contributed by atoms with van der Waals surface area (Å²) >= 11 is 0. The Kier molecular flexibility index (Phi) is 8.10. The molecule has 3 amide bonds. The van der Waals surface area contributed by atoms with Crippen molar-refractivity contribution in [1.29, 1.82) is 0 Å². The van der Waals surface area contributed by atoms with Crippen LogP contribution < -0.4 is 5.32 Å². The fraction of sp³-hybridized carbons (Fsp3) is 0.432. The maximum absolute atomic E-state index is 16.5. The van der Waals surface area contributed by atoms with Crippen LogP contribution in [0.5, 0.6) is 0 Å². The van der Waals surface area contributed by atoms with E-state index in [1.165, 1.54) is 13.2 Å². The summed E-state index contributed by atoms with van der Waals surface area (Å²) in [6.07, 6.45) is 6.30. The molecule has 14 heteroatoms. The number of amides is 3. The fourth-order valence-corrected chi connectivity index (χ4v) is 9.91. The SMILES string of the molecule is COC(=O)NCC(=O)N1CC2(CC2)C[C@H]1c1ncc(-c2ccc3c(c2)C(F)(F)c2cc(-c4ccc5nc([C@@H]6[C@H]7CC[C@H](C7)N6C(=O)OC(C)(C)C)[nH]c5c4)ccc2-3)[nH]1. The van der Waals surface area contributed by atoms with E-state index in [-0.39, 0.29) is 53.2 Å². The lowest BCUT2D eigenvalue weighted by atomic mass is 9.98. The van der Waals surface area contributed by atoms with Crippen LogP contribution >= 0.6 is 0 Å². The number of hydrogen-bond donors (Lipinski definition) is 3. The third kappa shape index (κ3) is 6.01. The van der Waals surface area contributed by atoms with Crippen LogP contribution in [0.25, 0.3) is 44.5 Å². The number of likely N-dealkylation sites (tertiary alicyclic amines) is 2. The molecule has 3 aliphatic carbocycles. The largest absolute Gasteiger partial charge is 0.453 e. The number of nitrogens with zero attached hydrogens (tertiary/aromatic N) is 4. The highest BCUT2D eigenvalue weighted by Crippen LogP contribution is 2.58. The Balaban J connectivity index is 0.899. The number of ether oxygens (including phenoxy) is 2. The molecule has 12 nitrogen and oxygen atoms in total. The summed E-state index contributed by atoms with van der Waals surface area (Å²) in [5.41, 5.74) is 4.35. The molecular formula is C44H45F2N7O5. The molecule has 1 spiro atoms. The van der Waals surface area contributed by atoms with E-state index in [1.807, 2.05) is 56.0 Å². The lowest BCUT2D eigenvalue weighted by Gasteiger charge is -2.35. The average molecular weight is 790 g/mol.